The van der Waals surface area contributed by atoms with Gasteiger partial charge in [-0.3, -0.25) is 4.79 Å². The summed E-state index contributed by atoms with van der Waals surface area (Å²) in [5, 5.41) is 6.52. The van der Waals surface area contributed by atoms with Gasteiger partial charge in [0.15, 0.2) is 0 Å². The highest BCUT2D eigenvalue weighted by Gasteiger charge is 2.39. The molecular formula is C28H24N2O5S. The van der Waals surface area contributed by atoms with E-state index in [1.54, 1.807) is 24.3 Å². The number of methoxy groups -OCH3 is 1. The summed E-state index contributed by atoms with van der Waals surface area (Å²) in [6.07, 6.45) is 1.04. The molecule has 8 heteroatoms. The minimum atomic E-state index is -3.86. The van der Waals surface area contributed by atoms with Crippen LogP contribution in [-0.4, -0.2) is 38.3 Å². The summed E-state index contributed by atoms with van der Waals surface area (Å²) in [6.45, 7) is 0.285. The number of sulfonamides is 1. The Labute approximate surface area is 208 Å². The first-order valence-corrected chi connectivity index (χ1v) is 13.2. The average Bonchev–Trinajstić information content (AvgIpc) is 3.53. The van der Waals surface area contributed by atoms with Crippen LogP contribution in [0.4, 0.5) is 5.69 Å². The van der Waals surface area contributed by atoms with Crippen LogP contribution in [0.15, 0.2) is 88.2 Å². The number of anilines is 1. The molecule has 0 aliphatic carbocycles. The van der Waals surface area contributed by atoms with Crippen LogP contribution in [-0.2, 0) is 14.8 Å². The molecule has 1 N–H and O–H groups in total. The van der Waals surface area contributed by atoms with E-state index in [4.69, 9.17) is 9.15 Å². The minimum absolute atomic E-state index is 0.183. The smallest absolute Gasteiger partial charge is 0.243 e. The molecule has 6 rings (SSSR count). The van der Waals surface area contributed by atoms with Gasteiger partial charge in [-0.25, -0.2) is 8.42 Å². The molecule has 1 aromatic heterocycles. The van der Waals surface area contributed by atoms with Crippen molar-refractivity contribution in [3.05, 3.63) is 78.9 Å². The number of amides is 1. The second kappa shape index (κ2) is 8.65. The molecule has 7 nitrogen and oxygen atoms in total. The van der Waals surface area contributed by atoms with E-state index >= 15 is 0 Å². The van der Waals surface area contributed by atoms with Gasteiger partial charge in [0.2, 0.25) is 15.9 Å². The normalized spacial score (nSPS) is 16.6. The quantitative estimate of drug-likeness (QED) is 0.342. The van der Waals surface area contributed by atoms with Crippen LogP contribution in [0.5, 0.6) is 5.75 Å². The number of hydrogen-bond acceptors (Lipinski definition) is 5. The first kappa shape index (κ1) is 22.6. The van der Waals surface area contributed by atoms with Crippen LogP contribution in [0.25, 0.3) is 32.7 Å². The zero-order valence-corrected chi connectivity index (χ0v) is 20.4. The van der Waals surface area contributed by atoms with Gasteiger partial charge in [-0.15, -0.1) is 0 Å². The topological polar surface area (TPSA) is 88.9 Å². The number of carbonyl (C=O) groups is 1. The van der Waals surface area contributed by atoms with Crippen molar-refractivity contribution in [2.24, 2.45) is 0 Å². The van der Waals surface area contributed by atoms with Crippen molar-refractivity contribution >= 4 is 54.3 Å². The van der Waals surface area contributed by atoms with Crippen LogP contribution in [0.2, 0.25) is 0 Å². The van der Waals surface area contributed by atoms with Gasteiger partial charge in [0.05, 0.1) is 17.7 Å². The largest absolute Gasteiger partial charge is 0.495 e. The highest BCUT2D eigenvalue weighted by molar-refractivity contribution is 7.89. The summed E-state index contributed by atoms with van der Waals surface area (Å²) < 4.78 is 39.9. The first-order chi connectivity index (χ1) is 17.5. The maximum absolute atomic E-state index is 13.5. The number of rotatable bonds is 5. The molecule has 182 valence electrons. The van der Waals surface area contributed by atoms with Gasteiger partial charge in [0.1, 0.15) is 23.0 Å². The third-order valence-electron chi connectivity index (χ3n) is 6.79. The average molecular weight is 501 g/mol. The van der Waals surface area contributed by atoms with Crippen molar-refractivity contribution in [2.45, 2.75) is 23.8 Å². The Morgan fingerprint density at radius 3 is 2.56 bits per heavy atom. The molecule has 1 atom stereocenters. The van der Waals surface area contributed by atoms with E-state index in [1.807, 2.05) is 54.6 Å². The Hall–Kier alpha value is -3.88. The van der Waals surface area contributed by atoms with Crippen molar-refractivity contribution in [1.29, 1.82) is 0 Å². The number of para-hydroxylation sites is 1. The fourth-order valence-electron chi connectivity index (χ4n) is 4.99. The lowest BCUT2D eigenvalue weighted by molar-refractivity contribution is -0.119. The highest BCUT2D eigenvalue weighted by atomic mass is 32.2. The van der Waals surface area contributed by atoms with E-state index in [-0.39, 0.29) is 11.4 Å². The Kier molecular flexibility index (Phi) is 5.43. The van der Waals surface area contributed by atoms with Crippen molar-refractivity contribution < 1.29 is 22.4 Å². The molecule has 1 fully saturated rings. The minimum Gasteiger partial charge on any atom is -0.495 e. The summed E-state index contributed by atoms with van der Waals surface area (Å²) in [5.74, 6) is 0.0787. The van der Waals surface area contributed by atoms with Gasteiger partial charge in [-0.2, -0.15) is 4.31 Å². The number of furan rings is 1. The Morgan fingerprint density at radius 2 is 1.72 bits per heavy atom. The maximum Gasteiger partial charge on any atom is 0.243 e. The molecule has 1 amide bonds. The van der Waals surface area contributed by atoms with Gasteiger partial charge >= 0.3 is 0 Å². The van der Waals surface area contributed by atoms with E-state index in [0.29, 0.717) is 29.9 Å². The SMILES string of the molecule is COc1cc2c(cc1NC(=O)[C@H]1CCCN1S(=O)(=O)c1ccc3ccccc3c1)oc1ccccc12. The molecule has 5 aromatic rings. The fourth-order valence-corrected chi connectivity index (χ4v) is 6.68. The lowest BCUT2D eigenvalue weighted by atomic mass is 10.1. The zero-order valence-electron chi connectivity index (χ0n) is 19.6. The van der Waals surface area contributed by atoms with E-state index < -0.39 is 22.0 Å². The lowest BCUT2D eigenvalue weighted by Crippen LogP contribution is -2.43. The van der Waals surface area contributed by atoms with Crippen molar-refractivity contribution in [3.63, 3.8) is 0 Å². The van der Waals surface area contributed by atoms with Gasteiger partial charge in [0, 0.05) is 23.4 Å². The molecule has 36 heavy (non-hydrogen) atoms. The number of benzene rings is 4. The number of hydrogen-bond donors (Lipinski definition) is 1. The van der Waals surface area contributed by atoms with E-state index in [2.05, 4.69) is 5.32 Å². The fraction of sp³-hybridized carbons (Fsp3) is 0.179. The standard InChI is InChI=1S/C28H24N2O5S/c1-34-27-16-22-21-9-4-5-11-25(21)35-26(22)17-23(27)29-28(31)24-10-6-14-30(24)36(32,33)20-13-12-18-7-2-3-8-19(18)15-20/h2-5,7-9,11-13,15-17,24H,6,10,14H2,1H3,(H,29,31)/t24-/m1/s1. The van der Waals surface area contributed by atoms with Crippen molar-refractivity contribution in [2.75, 3.05) is 19.0 Å². The van der Waals surface area contributed by atoms with Crippen molar-refractivity contribution in [3.8, 4) is 5.75 Å². The number of ether oxygens (including phenoxy) is 1. The van der Waals surface area contributed by atoms with E-state index in [9.17, 15) is 13.2 Å². The van der Waals surface area contributed by atoms with Gasteiger partial charge in [-0.1, -0.05) is 48.5 Å². The summed E-state index contributed by atoms with van der Waals surface area (Å²) in [4.78, 5) is 13.6. The van der Waals surface area contributed by atoms with E-state index in [0.717, 1.165) is 27.1 Å². The number of carbonyl (C=O) groups excluding carboxylic acids is 1. The molecule has 2 heterocycles. The molecule has 1 aliphatic rings. The monoisotopic (exact) mass is 500 g/mol. The number of fused-ring (bicyclic) bond motifs is 4. The predicted octanol–water partition coefficient (Wildman–Crippen LogP) is 5.54. The van der Waals surface area contributed by atoms with Crippen molar-refractivity contribution in [1.82, 2.24) is 4.31 Å². The third-order valence-corrected chi connectivity index (χ3v) is 8.69. The zero-order chi connectivity index (χ0) is 24.9. The van der Waals surface area contributed by atoms with Crippen LogP contribution in [0.3, 0.4) is 0 Å². The van der Waals surface area contributed by atoms with Crippen LogP contribution in [0.1, 0.15) is 12.8 Å². The summed E-state index contributed by atoms with van der Waals surface area (Å²) in [7, 11) is -2.33. The van der Waals surface area contributed by atoms with Gasteiger partial charge < -0.3 is 14.5 Å². The molecular weight excluding hydrogens is 476 g/mol. The highest BCUT2D eigenvalue weighted by Crippen LogP contribution is 2.37. The predicted molar refractivity (Wildman–Crippen MR) is 140 cm³/mol. The molecule has 0 radical (unpaired) electrons. The molecule has 1 saturated heterocycles. The maximum atomic E-state index is 13.5. The van der Waals surface area contributed by atoms with Crippen LogP contribution < -0.4 is 10.1 Å². The molecule has 1 aliphatic heterocycles. The van der Waals surface area contributed by atoms with E-state index in [1.165, 1.54) is 11.4 Å². The second-order valence-corrected chi connectivity index (χ2v) is 10.8. The summed E-state index contributed by atoms with van der Waals surface area (Å²) >= 11 is 0. The molecule has 0 bridgehead atoms. The third kappa shape index (κ3) is 3.70. The first-order valence-electron chi connectivity index (χ1n) is 11.8. The molecule has 4 aromatic carbocycles. The van der Waals surface area contributed by atoms with Gasteiger partial charge in [-0.05, 0) is 47.9 Å². The molecule has 0 unspecified atom stereocenters. The molecule has 0 spiro atoms. The van der Waals surface area contributed by atoms with Gasteiger partial charge in [0.25, 0.3) is 0 Å². The number of nitrogens with zero attached hydrogens (tertiary/aromatic N) is 1. The van der Waals surface area contributed by atoms with Crippen LogP contribution >= 0.6 is 0 Å². The summed E-state index contributed by atoms with van der Waals surface area (Å²) in [6, 6.07) is 23.1. The second-order valence-electron chi connectivity index (χ2n) is 8.92. The Morgan fingerprint density at radius 1 is 0.944 bits per heavy atom. The van der Waals surface area contributed by atoms with Crippen LogP contribution in [0, 0.1) is 0 Å². The molecule has 0 saturated carbocycles. The lowest BCUT2D eigenvalue weighted by Gasteiger charge is -2.24. The number of nitrogens with one attached hydrogen (secondary N) is 1. The Balaban J connectivity index is 1.31. The summed E-state index contributed by atoms with van der Waals surface area (Å²) in [5.41, 5.74) is 1.78. The Bertz CT molecular complexity index is 1740.